The van der Waals surface area contributed by atoms with Crippen molar-refractivity contribution in [3.63, 3.8) is 0 Å². The molecule has 64 valence electrons. The Labute approximate surface area is 69.8 Å². The van der Waals surface area contributed by atoms with Crippen molar-refractivity contribution in [1.82, 2.24) is 4.90 Å². The number of nitrogens with zero attached hydrogens (tertiary/aromatic N) is 1. The molecule has 2 saturated carbocycles. The Morgan fingerprint density at radius 1 is 1.09 bits per heavy atom. The maximum atomic E-state index is 2.44. The normalized spacial score (nSPS) is 34.6. The lowest BCUT2D eigenvalue weighted by atomic mass is 9.63. The molecule has 1 spiro atoms. The lowest BCUT2D eigenvalue weighted by Gasteiger charge is -2.50. The summed E-state index contributed by atoms with van der Waals surface area (Å²) in [4.78, 5) is 2.44. The number of hydrogen-bond donors (Lipinski definition) is 0. The molecule has 0 aromatic carbocycles. The second-order valence-electron chi connectivity index (χ2n) is 4.59. The fourth-order valence-electron chi connectivity index (χ4n) is 3.15. The Hall–Kier alpha value is -0.0400. The summed E-state index contributed by atoms with van der Waals surface area (Å²) in [5.74, 6) is 0. The van der Waals surface area contributed by atoms with Crippen molar-refractivity contribution in [2.24, 2.45) is 5.41 Å². The van der Waals surface area contributed by atoms with Crippen molar-refractivity contribution in [2.45, 2.75) is 44.6 Å². The van der Waals surface area contributed by atoms with Crippen LogP contribution in [0.5, 0.6) is 0 Å². The van der Waals surface area contributed by atoms with Crippen LogP contribution in [0.2, 0.25) is 0 Å². The SMILES string of the molecule is CN(C)C1CCC12CCCC2. The summed E-state index contributed by atoms with van der Waals surface area (Å²) in [5, 5.41) is 0. The molecule has 0 radical (unpaired) electrons. The minimum Gasteiger partial charge on any atom is -0.306 e. The van der Waals surface area contributed by atoms with E-state index in [9.17, 15) is 0 Å². The molecule has 0 bridgehead atoms. The molecule has 2 aliphatic rings. The van der Waals surface area contributed by atoms with Gasteiger partial charge in [0.05, 0.1) is 0 Å². The van der Waals surface area contributed by atoms with Crippen LogP contribution in [0.4, 0.5) is 0 Å². The first-order chi connectivity index (χ1) is 5.25. The van der Waals surface area contributed by atoms with E-state index in [2.05, 4.69) is 19.0 Å². The topological polar surface area (TPSA) is 3.24 Å². The van der Waals surface area contributed by atoms with Crippen molar-refractivity contribution >= 4 is 0 Å². The third-order valence-corrected chi connectivity index (χ3v) is 3.85. The molecule has 0 heterocycles. The van der Waals surface area contributed by atoms with Gasteiger partial charge in [-0.25, -0.2) is 0 Å². The number of rotatable bonds is 1. The second kappa shape index (κ2) is 2.48. The highest BCUT2D eigenvalue weighted by molar-refractivity contribution is 5.02. The molecule has 0 aliphatic heterocycles. The van der Waals surface area contributed by atoms with Crippen LogP contribution >= 0.6 is 0 Å². The maximum absolute atomic E-state index is 2.44. The number of hydrogen-bond acceptors (Lipinski definition) is 1. The van der Waals surface area contributed by atoms with Crippen LogP contribution in [0.25, 0.3) is 0 Å². The first kappa shape index (κ1) is 7.60. The van der Waals surface area contributed by atoms with Gasteiger partial charge in [-0.05, 0) is 45.2 Å². The minimum atomic E-state index is 0.781. The van der Waals surface area contributed by atoms with Gasteiger partial charge in [-0.15, -0.1) is 0 Å². The monoisotopic (exact) mass is 153 g/mol. The maximum Gasteiger partial charge on any atom is 0.0146 e. The average Bonchev–Trinajstić information content (AvgIpc) is 2.31. The van der Waals surface area contributed by atoms with Gasteiger partial charge in [0.25, 0.3) is 0 Å². The van der Waals surface area contributed by atoms with E-state index in [4.69, 9.17) is 0 Å². The predicted molar refractivity (Wildman–Crippen MR) is 47.6 cm³/mol. The Balaban J connectivity index is 2.03. The highest BCUT2D eigenvalue weighted by atomic mass is 15.1. The first-order valence-corrected chi connectivity index (χ1v) is 4.91. The zero-order chi connectivity index (χ0) is 7.90. The quantitative estimate of drug-likeness (QED) is 0.558. The molecular weight excluding hydrogens is 134 g/mol. The smallest absolute Gasteiger partial charge is 0.0146 e. The van der Waals surface area contributed by atoms with Crippen molar-refractivity contribution < 1.29 is 0 Å². The molecule has 1 nitrogen and oxygen atoms in total. The van der Waals surface area contributed by atoms with E-state index < -0.39 is 0 Å². The molecule has 1 heteroatoms. The molecule has 0 aromatic heterocycles. The average molecular weight is 153 g/mol. The third kappa shape index (κ3) is 1.01. The van der Waals surface area contributed by atoms with E-state index in [0.717, 1.165) is 11.5 Å². The van der Waals surface area contributed by atoms with Crippen LogP contribution in [-0.4, -0.2) is 25.0 Å². The molecule has 0 amide bonds. The molecule has 2 rings (SSSR count). The van der Waals surface area contributed by atoms with Gasteiger partial charge in [-0.3, -0.25) is 0 Å². The van der Waals surface area contributed by atoms with Gasteiger partial charge >= 0.3 is 0 Å². The van der Waals surface area contributed by atoms with Gasteiger partial charge in [0.1, 0.15) is 0 Å². The molecule has 11 heavy (non-hydrogen) atoms. The van der Waals surface area contributed by atoms with Crippen LogP contribution in [0.15, 0.2) is 0 Å². The van der Waals surface area contributed by atoms with Crippen LogP contribution in [0.1, 0.15) is 38.5 Å². The summed E-state index contributed by atoms with van der Waals surface area (Å²) in [6.45, 7) is 0. The van der Waals surface area contributed by atoms with Gasteiger partial charge in [0.15, 0.2) is 0 Å². The highest BCUT2D eigenvalue weighted by Gasteiger charge is 2.48. The zero-order valence-corrected chi connectivity index (χ0v) is 7.77. The summed E-state index contributed by atoms with van der Waals surface area (Å²) in [5.41, 5.74) is 0.781. The summed E-state index contributed by atoms with van der Waals surface area (Å²) in [6.07, 6.45) is 8.96. The largest absolute Gasteiger partial charge is 0.306 e. The van der Waals surface area contributed by atoms with Crippen molar-refractivity contribution in [3.05, 3.63) is 0 Å². The molecule has 2 fully saturated rings. The fourth-order valence-corrected chi connectivity index (χ4v) is 3.15. The lowest BCUT2D eigenvalue weighted by Crippen LogP contribution is -2.51. The van der Waals surface area contributed by atoms with Gasteiger partial charge in [-0.1, -0.05) is 12.8 Å². The van der Waals surface area contributed by atoms with E-state index in [1.54, 1.807) is 0 Å². The Morgan fingerprint density at radius 2 is 1.73 bits per heavy atom. The van der Waals surface area contributed by atoms with Gasteiger partial charge in [0.2, 0.25) is 0 Å². The second-order valence-corrected chi connectivity index (χ2v) is 4.59. The lowest BCUT2D eigenvalue weighted by molar-refractivity contribution is 0.00464. The van der Waals surface area contributed by atoms with E-state index in [1.165, 1.54) is 38.5 Å². The predicted octanol–water partition coefficient (Wildman–Crippen LogP) is 2.27. The van der Waals surface area contributed by atoms with Crippen molar-refractivity contribution in [2.75, 3.05) is 14.1 Å². The summed E-state index contributed by atoms with van der Waals surface area (Å²) in [6, 6.07) is 0.921. The van der Waals surface area contributed by atoms with E-state index >= 15 is 0 Å². The van der Waals surface area contributed by atoms with Crippen molar-refractivity contribution in [1.29, 1.82) is 0 Å². The van der Waals surface area contributed by atoms with Crippen LogP contribution in [-0.2, 0) is 0 Å². The molecule has 1 unspecified atom stereocenters. The molecule has 2 aliphatic carbocycles. The van der Waals surface area contributed by atoms with E-state index in [1.807, 2.05) is 0 Å². The van der Waals surface area contributed by atoms with Crippen LogP contribution in [0, 0.1) is 5.41 Å². The minimum absolute atomic E-state index is 0.781. The van der Waals surface area contributed by atoms with Gasteiger partial charge < -0.3 is 4.90 Å². The first-order valence-electron chi connectivity index (χ1n) is 4.91. The van der Waals surface area contributed by atoms with E-state index in [0.29, 0.717) is 0 Å². The van der Waals surface area contributed by atoms with Crippen LogP contribution in [0.3, 0.4) is 0 Å². The Bertz CT molecular complexity index is 145. The van der Waals surface area contributed by atoms with E-state index in [-0.39, 0.29) is 0 Å². The molecule has 1 atom stereocenters. The molecule has 0 saturated heterocycles. The zero-order valence-electron chi connectivity index (χ0n) is 7.77. The van der Waals surface area contributed by atoms with Gasteiger partial charge in [-0.2, -0.15) is 0 Å². The molecular formula is C10H19N. The summed E-state index contributed by atoms with van der Waals surface area (Å²) >= 11 is 0. The Morgan fingerprint density at radius 3 is 2.09 bits per heavy atom. The van der Waals surface area contributed by atoms with Crippen LogP contribution < -0.4 is 0 Å². The highest BCUT2D eigenvalue weighted by Crippen LogP contribution is 2.54. The standard InChI is InChI=1S/C10H19N/c1-11(2)9-5-8-10(9)6-3-4-7-10/h9H,3-8H2,1-2H3. The third-order valence-electron chi connectivity index (χ3n) is 3.85. The summed E-state index contributed by atoms with van der Waals surface area (Å²) in [7, 11) is 4.48. The fraction of sp³-hybridized carbons (Fsp3) is 1.00. The molecule has 0 N–H and O–H groups in total. The Kier molecular flexibility index (Phi) is 1.71. The van der Waals surface area contributed by atoms with Crippen molar-refractivity contribution in [3.8, 4) is 0 Å². The van der Waals surface area contributed by atoms with Gasteiger partial charge in [0, 0.05) is 6.04 Å². The molecule has 0 aromatic rings. The summed E-state index contributed by atoms with van der Waals surface area (Å²) < 4.78 is 0.